The molecule has 0 aliphatic carbocycles. The predicted octanol–water partition coefficient (Wildman–Crippen LogP) is 1.52. The van der Waals surface area contributed by atoms with Gasteiger partial charge in [0.25, 0.3) is 11.6 Å². The molecular weight excluding hydrogens is 290 g/mol. The van der Waals surface area contributed by atoms with E-state index in [1.54, 1.807) is 20.8 Å². The van der Waals surface area contributed by atoms with Crippen LogP contribution in [-0.4, -0.2) is 28.6 Å². The highest BCUT2D eigenvalue weighted by Gasteiger charge is 2.23. The molecule has 0 aliphatic rings. The molecule has 0 aliphatic heterocycles. The Kier molecular flexibility index (Phi) is 5.44. The number of hydrogen-bond donors (Lipinski definition) is 2. The molecule has 8 nitrogen and oxygen atoms in total. The predicted molar refractivity (Wildman–Crippen MR) is 79.2 cm³/mol. The van der Waals surface area contributed by atoms with E-state index in [4.69, 9.17) is 10.5 Å². The maximum atomic E-state index is 11.7. The minimum atomic E-state index is -1.15. The number of amides is 2. The van der Waals surface area contributed by atoms with Crippen molar-refractivity contribution in [2.24, 2.45) is 5.73 Å². The van der Waals surface area contributed by atoms with Gasteiger partial charge in [-0.05, 0) is 26.3 Å². The lowest BCUT2D eigenvalue weighted by Gasteiger charge is -2.22. The lowest BCUT2D eigenvalue weighted by atomic mass is 10.1. The van der Waals surface area contributed by atoms with E-state index in [1.807, 2.05) is 0 Å². The van der Waals surface area contributed by atoms with Crippen molar-refractivity contribution in [2.45, 2.75) is 38.8 Å². The molecule has 0 fully saturated rings. The van der Waals surface area contributed by atoms with E-state index >= 15 is 0 Å². The standard InChI is InChI=1S/C14H19N3O5/c1-14(2,3)16-13(19)22-11(12(15)18)8-9-4-6-10(7-5-9)17(20)21/h4-7,11H,8H2,1-3H3,(H2,15,18)(H,16,19). The Morgan fingerprint density at radius 2 is 1.86 bits per heavy atom. The Bertz CT molecular complexity index is 563. The number of nitrogens with two attached hydrogens (primary N) is 1. The Morgan fingerprint density at radius 1 is 1.32 bits per heavy atom. The topological polar surface area (TPSA) is 125 Å². The largest absolute Gasteiger partial charge is 0.436 e. The summed E-state index contributed by atoms with van der Waals surface area (Å²) < 4.78 is 5.01. The van der Waals surface area contributed by atoms with Gasteiger partial charge in [-0.2, -0.15) is 0 Å². The van der Waals surface area contributed by atoms with Crippen LogP contribution in [0.1, 0.15) is 26.3 Å². The molecule has 2 amide bonds. The molecule has 1 aromatic carbocycles. The maximum absolute atomic E-state index is 11.7. The summed E-state index contributed by atoms with van der Waals surface area (Å²) in [5, 5.41) is 13.1. The molecule has 3 N–H and O–H groups in total. The summed E-state index contributed by atoms with van der Waals surface area (Å²) in [5.41, 5.74) is 5.25. The summed E-state index contributed by atoms with van der Waals surface area (Å²) in [6, 6.07) is 5.59. The second kappa shape index (κ2) is 6.88. The first kappa shape index (κ1) is 17.4. The van der Waals surface area contributed by atoms with Crippen LogP contribution in [0.25, 0.3) is 0 Å². The van der Waals surface area contributed by atoms with Crippen LogP contribution in [0.4, 0.5) is 10.5 Å². The van der Waals surface area contributed by atoms with E-state index in [9.17, 15) is 19.7 Å². The number of carbonyl (C=O) groups is 2. The van der Waals surface area contributed by atoms with Crippen LogP contribution in [0, 0.1) is 10.1 Å². The van der Waals surface area contributed by atoms with Gasteiger partial charge in [-0.15, -0.1) is 0 Å². The Hall–Kier alpha value is -2.64. The molecule has 22 heavy (non-hydrogen) atoms. The third-order valence-electron chi connectivity index (χ3n) is 2.61. The van der Waals surface area contributed by atoms with Crippen LogP contribution in [0.5, 0.6) is 0 Å². The number of primary amides is 1. The van der Waals surface area contributed by atoms with Gasteiger partial charge in [0.15, 0.2) is 6.10 Å². The fraction of sp³-hybridized carbons (Fsp3) is 0.429. The smallest absolute Gasteiger partial charge is 0.408 e. The van der Waals surface area contributed by atoms with Crippen molar-refractivity contribution >= 4 is 17.7 Å². The van der Waals surface area contributed by atoms with E-state index < -0.39 is 28.6 Å². The van der Waals surface area contributed by atoms with Crippen molar-refractivity contribution in [2.75, 3.05) is 0 Å². The molecule has 1 aromatic rings. The SMILES string of the molecule is CC(C)(C)NC(=O)OC(Cc1ccc([N+](=O)[O-])cc1)C(N)=O. The Labute approximate surface area is 127 Å². The third kappa shape index (κ3) is 5.78. The molecular formula is C14H19N3O5. The summed E-state index contributed by atoms with van der Waals surface area (Å²) in [7, 11) is 0. The highest BCUT2D eigenvalue weighted by Crippen LogP contribution is 2.14. The second-order valence-electron chi connectivity index (χ2n) is 5.80. The van der Waals surface area contributed by atoms with Gasteiger partial charge in [0.2, 0.25) is 0 Å². The van der Waals surface area contributed by atoms with Crippen molar-refractivity contribution in [1.82, 2.24) is 5.32 Å². The van der Waals surface area contributed by atoms with Gasteiger partial charge in [0.1, 0.15) is 0 Å². The van der Waals surface area contributed by atoms with E-state index in [0.717, 1.165) is 0 Å². The molecule has 0 heterocycles. The van der Waals surface area contributed by atoms with Gasteiger partial charge in [0.05, 0.1) is 4.92 Å². The number of carbonyl (C=O) groups excluding carboxylic acids is 2. The lowest BCUT2D eigenvalue weighted by Crippen LogP contribution is -2.45. The van der Waals surface area contributed by atoms with Crippen LogP contribution in [-0.2, 0) is 16.0 Å². The first-order chi connectivity index (χ1) is 10.1. The summed E-state index contributed by atoms with van der Waals surface area (Å²) in [6.07, 6.45) is -1.85. The molecule has 1 atom stereocenters. The first-order valence-corrected chi connectivity index (χ1v) is 6.60. The second-order valence-corrected chi connectivity index (χ2v) is 5.80. The van der Waals surface area contributed by atoms with Crippen LogP contribution in [0.2, 0.25) is 0 Å². The zero-order valence-electron chi connectivity index (χ0n) is 12.7. The minimum absolute atomic E-state index is 0.0465. The zero-order valence-corrected chi connectivity index (χ0v) is 12.7. The molecule has 0 bridgehead atoms. The maximum Gasteiger partial charge on any atom is 0.408 e. The minimum Gasteiger partial charge on any atom is -0.436 e. The van der Waals surface area contributed by atoms with Gasteiger partial charge in [-0.25, -0.2) is 4.79 Å². The third-order valence-corrected chi connectivity index (χ3v) is 2.61. The molecule has 1 rings (SSSR count). The van der Waals surface area contributed by atoms with Crippen LogP contribution in [0.15, 0.2) is 24.3 Å². The number of non-ortho nitro benzene ring substituents is 1. The van der Waals surface area contributed by atoms with E-state index in [0.29, 0.717) is 5.56 Å². The fourth-order valence-corrected chi connectivity index (χ4v) is 1.63. The van der Waals surface area contributed by atoms with Gasteiger partial charge >= 0.3 is 6.09 Å². The number of alkyl carbamates (subject to hydrolysis) is 1. The first-order valence-electron chi connectivity index (χ1n) is 6.60. The number of ether oxygens (including phenoxy) is 1. The van der Waals surface area contributed by atoms with E-state index in [2.05, 4.69) is 5.32 Å². The summed E-state index contributed by atoms with van der Waals surface area (Å²) in [5.74, 6) is -0.789. The average Bonchev–Trinajstić information content (AvgIpc) is 2.36. The van der Waals surface area contributed by atoms with Crippen LogP contribution >= 0.6 is 0 Å². The number of hydrogen-bond acceptors (Lipinski definition) is 5. The van der Waals surface area contributed by atoms with E-state index in [-0.39, 0.29) is 12.1 Å². The molecule has 0 radical (unpaired) electrons. The quantitative estimate of drug-likeness (QED) is 0.630. The normalized spacial score (nSPS) is 12.3. The van der Waals surface area contributed by atoms with Crippen LogP contribution < -0.4 is 11.1 Å². The molecule has 8 heteroatoms. The number of benzene rings is 1. The average molecular weight is 309 g/mol. The number of rotatable bonds is 5. The van der Waals surface area contributed by atoms with Gasteiger partial charge in [-0.3, -0.25) is 14.9 Å². The molecule has 120 valence electrons. The zero-order chi connectivity index (χ0) is 16.9. The molecule has 0 saturated heterocycles. The monoisotopic (exact) mass is 309 g/mol. The van der Waals surface area contributed by atoms with Gasteiger partial charge in [-0.1, -0.05) is 12.1 Å². The molecule has 1 unspecified atom stereocenters. The van der Waals surface area contributed by atoms with Crippen molar-refractivity contribution in [3.8, 4) is 0 Å². The molecule has 0 spiro atoms. The molecule has 0 aromatic heterocycles. The summed E-state index contributed by atoms with van der Waals surface area (Å²) >= 11 is 0. The summed E-state index contributed by atoms with van der Waals surface area (Å²) in [4.78, 5) is 33.1. The Balaban J connectivity index is 2.74. The highest BCUT2D eigenvalue weighted by molar-refractivity contribution is 5.82. The fourth-order valence-electron chi connectivity index (χ4n) is 1.63. The van der Waals surface area contributed by atoms with Crippen molar-refractivity contribution in [3.05, 3.63) is 39.9 Å². The molecule has 0 saturated carbocycles. The van der Waals surface area contributed by atoms with Gasteiger partial charge in [0, 0.05) is 24.1 Å². The lowest BCUT2D eigenvalue weighted by molar-refractivity contribution is -0.384. The summed E-state index contributed by atoms with van der Waals surface area (Å²) in [6.45, 7) is 5.30. The number of nitrogens with one attached hydrogen (secondary N) is 1. The van der Waals surface area contributed by atoms with Crippen LogP contribution in [0.3, 0.4) is 0 Å². The van der Waals surface area contributed by atoms with Gasteiger partial charge < -0.3 is 15.8 Å². The van der Waals surface area contributed by atoms with Crippen molar-refractivity contribution in [1.29, 1.82) is 0 Å². The van der Waals surface area contributed by atoms with E-state index in [1.165, 1.54) is 24.3 Å². The number of nitrogens with zero attached hydrogens (tertiary/aromatic N) is 1. The van der Waals surface area contributed by atoms with Crippen molar-refractivity contribution in [3.63, 3.8) is 0 Å². The highest BCUT2D eigenvalue weighted by atomic mass is 16.6. The Morgan fingerprint density at radius 3 is 2.27 bits per heavy atom. The number of nitro benzene ring substituents is 1. The van der Waals surface area contributed by atoms with Crippen molar-refractivity contribution < 1.29 is 19.2 Å². The number of nitro groups is 1.